The van der Waals surface area contributed by atoms with E-state index in [1.54, 1.807) is 18.7 Å². The molecule has 0 saturated carbocycles. The molecule has 3 rings (SSSR count). The Hall–Kier alpha value is -3.49. The fourth-order valence-electron chi connectivity index (χ4n) is 2.69. The Kier molecular flexibility index (Phi) is 4.29. The first kappa shape index (κ1) is 16.4. The van der Waals surface area contributed by atoms with Crippen molar-refractivity contribution in [2.75, 3.05) is 0 Å². The molecule has 0 fully saturated rings. The second kappa shape index (κ2) is 6.56. The van der Waals surface area contributed by atoms with Crippen LogP contribution in [-0.2, 0) is 13.6 Å². The van der Waals surface area contributed by atoms with Crippen LogP contribution in [0.25, 0.3) is 5.69 Å². The Labute approximate surface area is 143 Å². The minimum absolute atomic E-state index is 0.0670. The number of aryl methyl sites for hydroxylation is 2. The summed E-state index contributed by atoms with van der Waals surface area (Å²) < 4.78 is 3.06. The summed E-state index contributed by atoms with van der Waals surface area (Å²) in [5.41, 5.74) is 1.59. The van der Waals surface area contributed by atoms with Gasteiger partial charge in [0.1, 0.15) is 5.69 Å². The van der Waals surface area contributed by atoms with Crippen molar-refractivity contribution in [1.82, 2.24) is 24.6 Å². The highest BCUT2D eigenvalue weighted by atomic mass is 16.6. The summed E-state index contributed by atoms with van der Waals surface area (Å²) in [5.74, 6) is -0.546. The highest BCUT2D eigenvalue weighted by molar-refractivity contribution is 5.96. The fraction of sp³-hybridized carbons (Fsp3) is 0.188. The van der Waals surface area contributed by atoms with Gasteiger partial charge in [0.2, 0.25) is 5.69 Å². The van der Waals surface area contributed by atoms with E-state index in [4.69, 9.17) is 0 Å². The monoisotopic (exact) mass is 340 g/mol. The summed E-state index contributed by atoms with van der Waals surface area (Å²) in [6, 6.07) is 7.52. The molecule has 0 unspecified atom stereocenters. The summed E-state index contributed by atoms with van der Waals surface area (Å²) in [6.45, 7) is 1.72. The maximum Gasteiger partial charge on any atom is 0.322 e. The maximum atomic E-state index is 12.5. The van der Waals surface area contributed by atoms with Crippen molar-refractivity contribution in [3.63, 3.8) is 0 Å². The van der Waals surface area contributed by atoms with Crippen LogP contribution in [0, 0.1) is 17.0 Å². The summed E-state index contributed by atoms with van der Waals surface area (Å²) >= 11 is 0. The van der Waals surface area contributed by atoms with Gasteiger partial charge in [0.15, 0.2) is 0 Å². The Morgan fingerprint density at radius 1 is 1.36 bits per heavy atom. The summed E-state index contributed by atoms with van der Waals surface area (Å²) in [5, 5.41) is 17.9. The molecule has 9 nitrogen and oxygen atoms in total. The van der Waals surface area contributed by atoms with Crippen LogP contribution in [0.2, 0.25) is 0 Å². The number of hydrogen-bond acceptors (Lipinski definition) is 5. The molecule has 0 aliphatic carbocycles. The van der Waals surface area contributed by atoms with Crippen molar-refractivity contribution < 1.29 is 9.72 Å². The van der Waals surface area contributed by atoms with Crippen LogP contribution >= 0.6 is 0 Å². The maximum absolute atomic E-state index is 12.5. The molecule has 3 aromatic rings. The molecule has 1 N–H and O–H groups in total. The zero-order valence-electron chi connectivity index (χ0n) is 13.7. The van der Waals surface area contributed by atoms with E-state index in [1.165, 1.54) is 18.7 Å². The van der Waals surface area contributed by atoms with Crippen molar-refractivity contribution in [3.8, 4) is 5.69 Å². The number of para-hydroxylation sites is 1. The van der Waals surface area contributed by atoms with Crippen LogP contribution in [-0.4, -0.2) is 30.2 Å². The third kappa shape index (κ3) is 3.11. The number of amides is 1. The zero-order valence-corrected chi connectivity index (χ0v) is 13.7. The van der Waals surface area contributed by atoms with E-state index in [0.29, 0.717) is 0 Å². The van der Waals surface area contributed by atoms with Gasteiger partial charge < -0.3 is 9.88 Å². The predicted octanol–water partition coefficient (Wildman–Crippen LogP) is 1.75. The third-order valence-corrected chi connectivity index (χ3v) is 3.80. The second-order valence-electron chi connectivity index (χ2n) is 5.44. The van der Waals surface area contributed by atoms with Gasteiger partial charge in [-0.25, -0.2) is 4.98 Å². The van der Waals surface area contributed by atoms with Crippen LogP contribution in [0.1, 0.15) is 21.7 Å². The first-order valence-electron chi connectivity index (χ1n) is 7.51. The van der Waals surface area contributed by atoms with Gasteiger partial charge in [-0.1, -0.05) is 18.2 Å². The largest absolute Gasteiger partial charge is 0.346 e. The number of carbonyl (C=O) groups is 1. The lowest BCUT2D eigenvalue weighted by Crippen LogP contribution is -2.26. The van der Waals surface area contributed by atoms with Crippen molar-refractivity contribution in [1.29, 1.82) is 0 Å². The fourth-order valence-corrected chi connectivity index (χ4v) is 2.69. The van der Waals surface area contributed by atoms with E-state index >= 15 is 0 Å². The molecule has 2 aromatic heterocycles. The summed E-state index contributed by atoms with van der Waals surface area (Å²) in [4.78, 5) is 27.1. The SMILES string of the molecule is Cc1nn(C)c(C(=O)NCc2ccccc2-n2ccnc2)c1[N+](=O)[O-]. The minimum atomic E-state index is -0.587. The van der Waals surface area contributed by atoms with Gasteiger partial charge in [-0.15, -0.1) is 0 Å². The second-order valence-corrected chi connectivity index (χ2v) is 5.44. The molecular formula is C16H16N6O3. The molecule has 0 aliphatic rings. The zero-order chi connectivity index (χ0) is 18.0. The highest BCUT2D eigenvalue weighted by Crippen LogP contribution is 2.22. The van der Waals surface area contributed by atoms with Crippen molar-refractivity contribution >= 4 is 11.6 Å². The summed E-state index contributed by atoms with van der Waals surface area (Å²) in [6.07, 6.45) is 5.13. The lowest BCUT2D eigenvalue weighted by Gasteiger charge is -2.11. The molecule has 0 aliphatic heterocycles. The van der Waals surface area contributed by atoms with Crippen LogP contribution < -0.4 is 5.32 Å². The standard InChI is InChI=1S/C16H16N6O3/c1-11-14(22(24)25)15(20(2)19-11)16(23)18-9-12-5-3-4-6-13(12)21-8-7-17-10-21/h3-8,10H,9H2,1-2H3,(H,18,23). The Morgan fingerprint density at radius 2 is 2.12 bits per heavy atom. The van der Waals surface area contributed by atoms with E-state index in [2.05, 4.69) is 15.4 Å². The highest BCUT2D eigenvalue weighted by Gasteiger charge is 2.29. The molecule has 0 saturated heterocycles. The lowest BCUT2D eigenvalue weighted by molar-refractivity contribution is -0.385. The van der Waals surface area contributed by atoms with Gasteiger partial charge in [-0.2, -0.15) is 5.10 Å². The van der Waals surface area contributed by atoms with Gasteiger partial charge >= 0.3 is 5.69 Å². The van der Waals surface area contributed by atoms with Gasteiger partial charge in [-0.3, -0.25) is 19.6 Å². The van der Waals surface area contributed by atoms with Crippen LogP contribution in [0.4, 0.5) is 5.69 Å². The number of rotatable bonds is 5. The van der Waals surface area contributed by atoms with Crippen LogP contribution in [0.5, 0.6) is 0 Å². The third-order valence-electron chi connectivity index (χ3n) is 3.80. The average molecular weight is 340 g/mol. The molecule has 2 heterocycles. The first-order chi connectivity index (χ1) is 12.0. The molecular weight excluding hydrogens is 324 g/mol. The topological polar surface area (TPSA) is 108 Å². The smallest absolute Gasteiger partial charge is 0.322 e. The Morgan fingerprint density at radius 3 is 2.80 bits per heavy atom. The van der Waals surface area contributed by atoms with Crippen LogP contribution in [0.15, 0.2) is 43.0 Å². The quantitative estimate of drug-likeness (QED) is 0.562. The Bertz CT molecular complexity index is 930. The normalized spacial score (nSPS) is 10.6. The van der Waals surface area contributed by atoms with Gasteiger partial charge in [0.05, 0.1) is 16.9 Å². The number of nitrogens with zero attached hydrogens (tertiary/aromatic N) is 5. The number of carbonyl (C=O) groups excluding carboxylic acids is 1. The number of nitrogens with one attached hydrogen (secondary N) is 1. The summed E-state index contributed by atoms with van der Waals surface area (Å²) in [7, 11) is 1.51. The first-order valence-corrected chi connectivity index (χ1v) is 7.51. The van der Waals surface area contributed by atoms with Gasteiger partial charge in [-0.05, 0) is 18.6 Å². The van der Waals surface area contributed by atoms with Gasteiger partial charge in [0.25, 0.3) is 5.91 Å². The molecule has 0 bridgehead atoms. The van der Waals surface area contributed by atoms with E-state index in [1.807, 2.05) is 28.8 Å². The number of nitro groups is 1. The van der Waals surface area contributed by atoms with E-state index < -0.39 is 10.8 Å². The average Bonchev–Trinajstić information content (AvgIpc) is 3.20. The number of benzene rings is 1. The number of imidazole rings is 1. The van der Waals surface area contributed by atoms with Gasteiger partial charge in [0, 0.05) is 26.0 Å². The van der Waals surface area contributed by atoms with Crippen LogP contribution in [0.3, 0.4) is 0 Å². The number of aromatic nitrogens is 4. The molecule has 0 atom stereocenters. The molecule has 9 heteroatoms. The molecule has 0 spiro atoms. The molecule has 1 aromatic carbocycles. The van der Waals surface area contributed by atoms with E-state index in [9.17, 15) is 14.9 Å². The minimum Gasteiger partial charge on any atom is -0.346 e. The molecule has 0 radical (unpaired) electrons. The molecule has 25 heavy (non-hydrogen) atoms. The molecule has 1 amide bonds. The van der Waals surface area contributed by atoms with E-state index in [0.717, 1.165) is 11.3 Å². The molecule has 128 valence electrons. The predicted molar refractivity (Wildman–Crippen MR) is 89.3 cm³/mol. The van der Waals surface area contributed by atoms with Crippen molar-refractivity contribution in [2.45, 2.75) is 13.5 Å². The van der Waals surface area contributed by atoms with Crippen molar-refractivity contribution in [2.24, 2.45) is 7.05 Å². The number of hydrogen-bond donors (Lipinski definition) is 1. The lowest BCUT2D eigenvalue weighted by atomic mass is 10.1. The van der Waals surface area contributed by atoms with Crippen molar-refractivity contribution in [3.05, 3.63) is 70.1 Å². The Balaban J connectivity index is 1.84. The van der Waals surface area contributed by atoms with E-state index in [-0.39, 0.29) is 23.6 Å².